The monoisotopic (exact) mass is 306 g/mol. The molecule has 0 bridgehead atoms. The molecule has 1 aliphatic rings. The maximum atomic E-state index is 11.0. The van der Waals surface area contributed by atoms with Crippen molar-refractivity contribution in [2.24, 2.45) is 5.41 Å². The molecule has 22 heavy (non-hydrogen) atoms. The number of nitro groups is 1. The maximum Gasteiger partial charge on any atom is 0.272 e. The zero-order chi connectivity index (χ0) is 16.2. The van der Waals surface area contributed by atoms with Gasteiger partial charge in [0.25, 0.3) is 5.69 Å². The Labute approximate surface area is 131 Å². The smallest absolute Gasteiger partial charge is 0.272 e. The van der Waals surface area contributed by atoms with Gasteiger partial charge >= 0.3 is 0 Å². The molecule has 1 aromatic rings. The summed E-state index contributed by atoms with van der Waals surface area (Å²) >= 11 is 0. The van der Waals surface area contributed by atoms with Crippen molar-refractivity contribution < 1.29 is 10.0 Å². The van der Waals surface area contributed by atoms with Crippen molar-refractivity contribution in [3.63, 3.8) is 0 Å². The number of aryl methyl sites for hydroxylation is 1. The van der Waals surface area contributed by atoms with Crippen molar-refractivity contribution in [3.05, 3.63) is 39.9 Å². The third-order valence-corrected chi connectivity index (χ3v) is 4.96. The van der Waals surface area contributed by atoms with Crippen LogP contribution in [0.25, 0.3) is 0 Å². The number of rotatable bonds is 7. The van der Waals surface area contributed by atoms with E-state index in [2.05, 4.69) is 19.2 Å². The lowest BCUT2D eigenvalue weighted by atomic mass is 9.85. The van der Waals surface area contributed by atoms with Crippen LogP contribution in [-0.2, 0) is 6.42 Å². The van der Waals surface area contributed by atoms with Crippen molar-refractivity contribution in [1.82, 2.24) is 5.32 Å². The molecular weight excluding hydrogens is 280 g/mol. The lowest BCUT2D eigenvalue weighted by Crippen LogP contribution is -2.45. The van der Waals surface area contributed by atoms with Crippen LogP contribution in [0.3, 0.4) is 0 Å². The topological polar surface area (TPSA) is 75.4 Å². The second-order valence-electron chi connectivity index (χ2n) is 6.75. The molecule has 3 unspecified atom stereocenters. The first-order valence-corrected chi connectivity index (χ1v) is 8.05. The summed E-state index contributed by atoms with van der Waals surface area (Å²) in [5.41, 5.74) is 0.959. The van der Waals surface area contributed by atoms with Crippen molar-refractivity contribution in [1.29, 1.82) is 0 Å². The molecule has 122 valence electrons. The molecule has 0 radical (unpaired) electrons. The van der Waals surface area contributed by atoms with E-state index in [9.17, 15) is 15.2 Å². The van der Waals surface area contributed by atoms with Gasteiger partial charge in [-0.25, -0.2) is 0 Å². The third kappa shape index (κ3) is 3.84. The normalized spacial score (nSPS) is 26.0. The minimum absolute atomic E-state index is 0.0347. The van der Waals surface area contributed by atoms with Crippen LogP contribution in [0.15, 0.2) is 24.3 Å². The first-order valence-electron chi connectivity index (χ1n) is 8.05. The van der Waals surface area contributed by atoms with Gasteiger partial charge < -0.3 is 10.4 Å². The second-order valence-corrected chi connectivity index (χ2v) is 6.75. The Morgan fingerprint density at radius 3 is 2.91 bits per heavy atom. The van der Waals surface area contributed by atoms with Crippen molar-refractivity contribution >= 4 is 5.69 Å². The highest BCUT2D eigenvalue weighted by Crippen LogP contribution is 2.37. The van der Waals surface area contributed by atoms with Crippen molar-refractivity contribution in [2.75, 3.05) is 6.61 Å². The van der Waals surface area contributed by atoms with E-state index >= 15 is 0 Å². The number of nitrogens with zero attached hydrogens (tertiary/aromatic N) is 1. The number of nitro benzene ring substituents is 1. The zero-order valence-corrected chi connectivity index (χ0v) is 13.4. The minimum Gasteiger partial charge on any atom is -0.396 e. The van der Waals surface area contributed by atoms with E-state index in [1.807, 2.05) is 12.1 Å². The molecular formula is C17H26N2O3. The van der Waals surface area contributed by atoms with E-state index in [-0.39, 0.29) is 28.7 Å². The van der Waals surface area contributed by atoms with Crippen LogP contribution >= 0.6 is 0 Å². The number of para-hydroxylation sites is 1. The average molecular weight is 306 g/mol. The van der Waals surface area contributed by atoms with E-state index in [4.69, 9.17) is 0 Å². The fraction of sp³-hybridized carbons (Fsp3) is 0.647. The highest BCUT2D eigenvalue weighted by atomic mass is 16.6. The molecule has 3 atom stereocenters. The Hall–Kier alpha value is -1.46. The molecule has 5 nitrogen and oxygen atoms in total. The van der Waals surface area contributed by atoms with Crippen molar-refractivity contribution in [3.8, 4) is 0 Å². The molecule has 1 aromatic carbocycles. The third-order valence-electron chi connectivity index (χ3n) is 4.96. The Balaban J connectivity index is 1.91. The number of aliphatic hydroxyl groups is 1. The van der Waals surface area contributed by atoms with Gasteiger partial charge in [-0.3, -0.25) is 10.1 Å². The molecule has 0 spiro atoms. The summed E-state index contributed by atoms with van der Waals surface area (Å²) < 4.78 is 0. The summed E-state index contributed by atoms with van der Waals surface area (Å²) in [5.74, 6) is 0. The van der Waals surface area contributed by atoms with Crippen LogP contribution in [0, 0.1) is 15.5 Å². The quantitative estimate of drug-likeness (QED) is 0.599. The van der Waals surface area contributed by atoms with Gasteiger partial charge in [0, 0.05) is 35.7 Å². The maximum absolute atomic E-state index is 11.0. The van der Waals surface area contributed by atoms with E-state index < -0.39 is 0 Å². The molecule has 1 fully saturated rings. The summed E-state index contributed by atoms with van der Waals surface area (Å²) in [4.78, 5) is 10.7. The van der Waals surface area contributed by atoms with E-state index in [1.165, 1.54) is 0 Å². The van der Waals surface area contributed by atoms with Crippen molar-refractivity contribution in [2.45, 2.75) is 58.0 Å². The van der Waals surface area contributed by atoms with Gasteiger partial charge in [0.15, 0.2) is 0 Å². The summed E-state index contributed by atoms with van der Waals surface area (Å²) in [6.07, 6.45) is 4.83. The molecule has 0 aromatic heterocycles. The Morgan fingerprint density at radius 1 is 1.50 bits per heavy atom. The van der Waals surface area contributed by atoms with E-state index in [1.54, 1.807) is 12.1 Å². The average Bonchev–Trinajstić information content (AvgIpc) is 2.87. The fourth-order valence-electron chi connectivity index (χ4n) is 3.41. The van der Waals surface area contributed by atoms with Gasteiger partial charge in [0.05, 0.1) is 4.92 Å². The van der Waals surface area contributed by atoms with E-state index in [0.29, 0.717) is 12.5 Å². The number of nitrogens with one attached hydrogen (secondary N) is 1. The van der Waals surface area contributed by atoms with Crippen LogP contribution in [0.1, 0.15) is 45.1 Å². The van der Waals surface area contributed by atoms with E-state index in [0.717, 1.165) is 31.2 Å². The van der Waals surface area contributed by atoms with Gasteiger partial charge in [0.1, 0.15) is 0 Å². The highest BCUT2D eigenvalue weighted by Gasteiger charge is 2.38. The molecule has 2 rings (SSSR count). The Morgan fingerprint density at radius 2 is 2.23 bits per heavy atom. The standard InChI is InChI=1S/C17H26N2O3/c1-13(18-16-8-5-11-17(16,2)12-20)9-10-14-6-3-4-7-15(14)19(21)22/h3-4,6-7,13,16,18,20H,5,8-12H2,1-2H3. The van der Waals surface area contributed by atoms with Crippen LogP contribution in [-0.4, -0.2) is 28.7 Å². The largest absolute Gasteiger partial charge is 0.396 e. The molecule has 0 aliphatic heterocycles. The zero-order valence-electron chi connectivity index (χ0n) is 13.4. The van der Waals surface area contributed by atoms with Crippen LogP contribution < -0.4 is 5.32 Å². The molecule has 0 heterocycles. The van der Waals surface area contributed by atoms with Gasteiger partial charge in [-0.15, -0.1) is 0 Å². The number of aliphatic hydroxyl groups excluding tert-OH is 1. The molecule has 1 aliphatic carbocycles. The molecule has 1 saturated carbocycles. The number of benzene rings is 1. The lowest BCUT2D eigenvalue weighted by molar-refractivity contribution is -0.385. The summed E-state index contributed by atoms with van der Waals surface area (Å²) in [5, 5.41) is 24.2. The molecule has 0 amide bonds. The Bertz CT molecular complexity index is 520. The predicted molar refractivity (Wildman–Crippen MR) is 86.8 cm³/mol. The second kappa shape index (κ2) is 7.20. The van der Waals surface area contributed by atoms with Gasteiger partial charge in [-0.05, 0) is 32.6 Å². The minimum atomic E-state index is -0.312. The van der Waals surface area contributed by atoms with Crippen LogP contribution in [0.5, 0.6) is 0 Å². The molecule has 2 N–H and O–H groups in total. The van der Waals surface area contributed by atoms with Crippen LogP contribution in [0.2, 0.25) is 0 Å². The number of hydrogen-bond acceptors (Lipinski definition) is 4. The summed E-state index contributed by atoms with van der Waals surface area (Å²) in [6.45, 7) is 4.46. The van der Waals surface area contributed by atoms with Crippen LogP contribution in [0.4, 0.5) is 5.69 Å². The number of hydrogen-bond donors (Lipinski definition) is 2. The van der Waals surface area contributed by atoms with Gasteiger partial charge in [-0.2, -0.15) is 0 Å². The highest BCUT2D eigenvalue weighted by molar-refractivity contribution is 5.39. The first kappa shape index (κ1) is 16.9. The summed E-state index contributed by atoms with van der Waals surface area (Å²) in [7, 11) is 0. The van der Waals surface area contributed by atoms with Gasteiger partial charge in [-0.1, -0.05) is 31.5 Å². The lowest BCUT2D eigenvalue weighted by Gasteiger charge is -2.32. The SMILES string of the molecule is CC(CCc1ccccc1[N+](=O)[O-])NC1CCCC1(C)CO. The van der Waals surface area contributed by atoms with Gasteiger partial charge in [0.2, 0.25) is 0 Å². The fourth-order valence-corrected chi connectivity index (χ4v) is 3.41. The predicted octanol–water partition coefficient (Wildman–Crippen LogP) is 3.06. The molecule has 0 saturated heterocycles. The first-order chi connectivity index (χ1) is 10.5. The summed E-state index contributed by atoms with van der Waals surface area (Å²) in [6, 6.07) is 7.55. The molecule has 5 heteroatoms. The Kier molecular flexibility index (Phi) is 5.53.